The molecule has 1 nitrogen and oxygen atoms in total. The van der Waals surface area contributed by atoms with Gasteiger partial charge in [-0.3, -0.25) is 0 Å². The van der Waals surface area contributed by atoms with Crippen LogP contribution in [0.25, 0.3) is 10.1 Å². The van der Waals surface area contributed by atoms with Crippen LogP contribution in [0.2, 0.25) is 0 Å². The number of thiophene rings is 1. The first-order valence-electron chi connectivity index (χ1n) is 3.74. The molecule has 0 aliphatic rings. The van der Waals surface area contributed by atoms with Crippen LogP contribution in [0.3, 0.4) is 0 Å². The van der Waals surface area contributed by atoms with E-state index in [0.717, 1.165) is 11.0 Å². The standard InChI is InChI=1S/C9H7BrINS/c10-3-5-1-2-7(12)8-6(11)4-13-9(5)8/h1-2,4H,3,12H2. The molecule has 4 heteroatoms. The van der Waals surface area contributed by atoms with Crippen molar-refractivity contribution in [1.82, 2.24) is 0 Å². The smallest absolute Gasteiger partial charge is 0.0414 e. The summed E-state index contributed by atoms with van der Waals surface area (Å²) in [4.78, 5) is 0. The Morgan fingerprint density at radius 3 is 2.92 bits per heavy atom. The predicted molar refractivity (Wildman–Crippen MR) is 71.6 cm³/mol. The van der Waals surface area contributed by atoms with Crippen LogP contribution >= 0.6 is 49.9 Å². The summed E-state index contributed by atoms with van der Waals surface area (Å²) >= 11 is 7.56. The highest BCUT2D eigenvalue weighted by molar-refractivity contribution is 14.1. The molecule has 68 valence electrons. The van der Waals surface area contributed by atoms with Crippen molar-refractivity contribution in [3.63, 3.8) is 0 Å². The van der Waals surface area contributed by atoms with E-state index in [4.69, 9.17) is 5.73 Å². The fraction of sp³-hybridized carbons (Fsp3) is 0.111. The maximum absolute atomic E-state index is 5.91. The summed E-state index contributed by atoms with van der Waals surface area (Å²) in [5.41, 5.74) is 8.11. The molecule has 0 spiro atoms. The molecule has 1 aromatic heterocycles. The maximum Gasteiger partial charge on any atom is 0.0414 e. The van der Waals surface area contributed by atoms with Crippen LogP contribution in [0.15, 0.2) is 17.5 Å². The van der Waals surface area contributed by atoms with E-state index in [1.54, 1.807) is 11.3 Å². The third-order valence-electron chi connectivity index (χ3n) is 1.93. The first-order chi connectivity index (χ1) is 6.24. The lowest BCUT2D eigenvalue weighted by atomic mass is 10.1. The Bertz CT molecular complexity index is 452. The second-order valence-corrected chi connectivity index (χ2v) is 5.34. The highest BCUT2D eigenvalue weighted by Gasteiger charge is 2.08. The molecule has 0 radical (unpaired) electrons. The Morgan fingerprint density at radius 2 is 2.23 bits per heavy atom. The molecule has 0 bridgehead atoms. The van der Waals surface area contributed by atoms with Gasteiger partial charge >= 0.3 is 0 Å². The van der Waals surface area contributed by atoms with E-state index >= 15 is 0 Å². The van der Waals surface area contributed by atoms with Gasteiger partial charge in [-0.25, -0.2) is 0 Å². The molecule has 2 aromatic rings. The van der Waals surface area contributed by atoms with Gasteiger partial charge in [-0.1, -0.05) is 22.0 Å². The fourth-order valence-corrected chi connectivity index (χ4v) is 4.07. The van der Waals surface area contributed by atoms with E-state index in [0.29, 0.717) is 0 Å². The number of fused-ring (bicyclic) bond motifs is 1. The van der Waals surface area contributed by atoms with Crippen LogP contribution in [0, 0.1) is 3.57 Å². The first-order valence-corrected chi connectivity index (χ1v) is 6.82. The molecule has 0 atom stereocenters. The van der Waals surface area contributed by atoms with Crippen molar-refractivity contribution >= 4 is 65.6 Å². The van der Waals surface area contributed by atoms with Crippen LogP contribution in [-0.2, 0) is 5.33 Å². The van der Waals surface area contributed by atoms with Crippen molar-refractivity contribution in [2.24, 2.45) is 0 Å². The van der Waals surface area contributed by atoms with Gasteiger partial charge in [-0.05, 0) is 34.2 Å². The van der Waals surface area contributed by atoms with Crippen molar-refractivity contribution in [1.29, 1.82) is 0 Å². The largest absolute Gasteiger partial charge is 0.398 e. The summed E-state index contributed by atoms with van der Waals surface area (Å²) in [7, 11) is 0. The van der Waals surface area contributed by atoms with Crippen molar-refractivity contribution < 1.29 is 0 Å². The summed E-state index contributed by atoms with van der Waals surface area (Å²) in [6.45, 7) is 0. The van der Waals surface area contributed by atoms with E-state index in [1.807, 2.05) is 6.07 Å². The zero-order chi connectivity index (χ0) is 9.42. The van der Waals surface area contributed by atoms with E-state index in [-0.39, 0.29) is 0 Å². The molecule has 13 heavy (non-hydrogen) atoms. The Balaban J connectivity index is 2.87. The average molecular weight is 368 g/mol. The molecule has 0 aliphatic carbocycles. The normalized spacial score (nSPS) is 10.9. The number of hydrogen-bond donors (Lipinski definition) is 1. The number of nitrogens with two attached hydrogens (primary N) is 1. The van der Waals surface area contributed by atoms with Crippen LogP contribution < -0.4 is 5.73 Å². The Morgan fingerprint density at radius 1 is 1.46 bits per heavy atom. The van der Waals surface area contributed by atoms with Gasteiger partial charge in [0.2, 0.25) is 0 Å². The van der Waals surface area contributed by atoms with Crippen molar-refractivity contribution in [2.75, 3.05) is 5.73 Å². The highest BCUT2D eigenvalue weighted by atomic mass is 127. The van der Waals surface area contributed by atoms with Gasteiger partial charge in [0.25, 0.3) is 0 Å². The van der Waals surface area contributed by atoms with Gasteiger partial charge in [-0.15, -0.1) is 11.3 Å². The summed E-state index contributed by atoms with van der Waals surface area (Å²) in [5, 5.41) is 4.25. The molecule has 0 saturated carbocycles. The lowest BCUT2D eigenvalue weighted by Gasteiger charge is -2.01. The predicted octanol–water partition coefficient (Wildman–Crippen LogP) is 3.98. The van der Waals surface area contributed by atoms with E-state index in [9.17, 15) is 0 Å². The summed E-state index contributed by atoms with van der Waals surface area (Å²) < 4.78 is 2.55. The topological polar surface area (TPSA) is 26.0 Å². The molecular formula is C9H7BrINS. The van der Waals surface area contributed by atoms with E-state index in [1.165, 1.54) is 19.2 Å². The number of rotatable bonds is 1. The second-order valence-electron chi connectivity index (χ2n) is 2.74. The number of alkyl halides is 1. The van der Waals surface area contributed by atoms with Crippen LogP contribution in [0.4, 0.5) is 5.69 Å². The minimum atomic E-state index is 0.880. The molecule has 2 rings (SSSR count). The van der Waals surface area contributed by atoms with Crippen molar-refractivity contribution in [3.05, 3.63) is 26.6 Å². The average Bonchev–Trinajstić information content (AvgIpc) is 2.50. The molecule has 1 aromatic carbocycles. The molecule has 0 aliphatic heterocycles. The Hall–Kier alpha value is 0.190. The van der Waals surface area contributed by atoms with Gasteiger partial charge < -0.3 is 5.73 Å². The zero-order valence-corrected chi connectivity index (χ0v) is 11.2. The van der Waals surface area contributed by atoms with Crippen LogP contribution in [0.5, 0.6) is 0 Å². The zero-order valence-electron chi connectivity index (χ0n) is 6.68. The number of benzene rings is 1. The molecule has 0 amide bonds. The lowest BCUT2D eigenvalue weighted by Crippen LogP contribution is -1.88. The monoisotopic (exact) mass is 367 g/mol. The van der Waals surface area contributed by atoms with E-state index < -0.39 is 0 Å². The Labute approximate surface area is 103 Å². The van der Waals surface area contributed by atoms with Gasteiger partial charge in [-0.2, -0.15) is 0 Å². The third kappa shape index (κ3) is 1.59. The third-order valence-corrected chi connectivity index (χ3v) is 4.87. The molecule has 0 unspecified atom stereocenters. The second kappa shape index (κ2) is 3.74. The van der Waals surface area contributed by atoms with Gasteiger partial charge in [0.15, 0.2) is 0 Å². The quantitative estimate of drug-likeness (QED) is 0.460. The van der Waals surface area contributed by atoms with Crippen LogP contribution in [0.1, 0.15) is 5.56 Å². The van der Waals surface area contributed by atoms with Gasteiger partial charge in [0.05, 0.1) is 0 Å². The molecule has 2 N–H and O–H groups in total. The number of anilines is 1. The number of nitrogen functional groups attached to an aromatic ring is 1. The molecule has 0 saturated heterocycles. The van der Waals surface area contributed by atoms with Crippen molar-refractivity contribution in [3.8, 4) is 0 Å². The van der Waals surface area contributed by atoms with Gasteiger partial charge in [0, 0.05) is 30.1 Å². The molecule has 0 fully saturated rings. The maximum atomic E-state index is 5.91. The fourth-order valence-electron chi connectivity index (χ4n) is 1.30. The SMILES string of the molecule is Nc1ccc(CBr)c2scc(I)c12. The minimum absolute atomic E-state index is 0.880. The molecule has 1 heterocycles. The number of halogens is 2. The minimum Gasteiger partial charge on any atom is -0.398 e. The summed E-state index contributed by atoms with van der Waals surface area (Å²) in [6, 6.07) is 4.06. The van der Waals surface area contributed by atoms with Crippen molar-refractivity contribution in [2.45, 2.75) is 5.33 Å². The van der Waals surface area contributed by atoms with E-state index in [2.05, 4.69) is 50.0 Å². The van der Waals surface area contributed by atoms with Gasteiger partial charge in [0.1, 0.15) is 0 Å². The molecular weight excluding hydrogens is 361 g/mol. The van der Waals surface area contributed by atoms with Crippen LogP contribution in [-0.4, -0.2) is 0 Å². The first kappa shape index (κ1) is 9.73. The lowest BCUT2D eigenvalue weighted by molar-refractivity contribution is 1.51. The highest BCUT2D eigenvalue weighted by Crippen LogP contribution is 2.35. The summed E-state index contributed by atoms with van der Waals surface area (Å²) in [6.07, 6.45) is 0. The number of hydrogen-bond acceptors (Lipinski definition) is 2. The Kier molecular flexibility index (Phi) is 2.80. The summed E-state index contributed by atoms with van der Waals surface area (Å²) in [5.74, 6) is 0.